The van der Waals surface area contributed by atoms with Crippen molar-refractivity contribution < 1.29 is 0 Å². The lowest BCUT2D eigenvalue weighted by Gasteiger charge is -2.02. The average molecular weight is 249 g/mol. The SMILES string of the molecule is Cc1ccc(-c2cc(C)n(-c3ccncc3)n2)cc1. The molecule has 0 fully saturated rings. The zero-order valence-electron chi connectivity index (χ0n) is 11.0. The monoisotopic (exact) mass is 249 g/mol. The number of pyridine rings is 1. The third-order valence-corrected chi connectivity index (χ3v) is 3.14. The van der Waals surface area contributed by atoms with E-state index in [4.69, 9.17) is 0 Å². The smallest absolute Gasteiger partial charge is 0.0930 e. The van der Waals surface area contributed by atoms with E-state index in [1.54, 1.807) is 12.4 Å². The quantitative estimate of drug-likeness (QED) is 0.695. The first-order chi connectivity index (χ1) is 9.24. The van der Waals surface area contributed by atoms with Crippen LogP contribution in [0.25, 0.3) is 16.9 Å². The summed E-state index contributed by atoms with van der Waals surface area (Å²) in [5.74, 6) is 0. The van der Waals surface area contributed by atoms with Crippen molar-refractivity contribution >= 4 is 0 Å². The number of rotatable bonds is 2. The lowest BCUT2D eigenvalue weighted by Crippen LogP contribution is -1.98. The summed E-state index contributed by atoms with van der Waals surface area (Å²) in [7, 11) is 0. The maximum absolute atomic E-state index is 4.67. The molecular weight excluding hydrogens is 234 g/mol. The van der Waals surface area contributed by atoms with Crippen LogP contribution in [-0.4, -0.2) is 14.8 Å². The fourth-order valence-corrected chi connectivity index (χ4v) is 2.09. The summed E-state index contributed by atoms with van der Waals surface area (Å²) in [6, 6.07) is 14.4. The van der Waals surface area contributed by atoms with Crippen molar-refractivity contribution in [2.75, 3.05) is 0 Å². The molecule has 2 heterocycles. The predicted molar refractivity (Wildman–Crippen MR) is 76.3 cm³/mol. The number of benzene rings is 1. The van der Waals surface area contributed by atoms with Gasteiger partial charge in [0.05, 0.1) is 11.4 Å². The highest BCUT2D eigenvalue weighted by Crippen LogP contribution is 2.21. The third-order valence-electron chi connectivity index (χ3n) is 3.14. The molecule has 0 unspecified atom stereocenters. The van der Waals surface area contributed by atoms with Gasteiger partial charge in [-0.05, 0) is 32.0 Å². The van der Waals surface area contributed by atoms with Crippen LogP contribution in [0.3, 0.4) is 0 Å². The Bertz CT molecular complexity index is 682. The van der Waals surface area contributed by atoms with Crippen LogP contribution in [0.2, 0.25) is 0 Å². The summed E-state index contributed by atoms with van der Waals surface area (Å²) in [5, 5.41) is 4.67. The minimum absolute atomic E-state index is 0.995. The molecule has 0 amide bonds. The van der Waals surface area contributed by atoms with E-state index in [1.807, 2.05) is 16.8 Å². The molecule has 94 valence electrons. The minimum atomic E-state index is 0.995. The van der Waals surface area contributed by atoms with Gasteiger partial charge in [0, 0.05) is 23.7 Å². The predicted octanol–water partition coefficient (Wildman–Crippen LogP) is 3.55. The maximum Gasteiger partial charge on any atom is 0.0930 e. The van der Waals surface area contributed by atoms with Crippen molar-refractivity contribution in [3.05, 3.63) is 66.1 Å². The zero-order chi connectivity index (χ0) is 13.2. The van der Waals surface area contributed by atoms with Gasteiger partial charge in [-0.25, -0.2) is 4.68 Å². The molecule has 0 bridgehead atoms. The second-order valence-corrected chi connectivity index (χ2v) is 4.65. The van der Waals surface area contributed by atoms with Crippen LogP contribution >= 0.6 is 0 Å². The minimum Gasteiger partial charge on any atom is -0.265 e. The van der Waals surface area contributed by atoms with Crippen LogP contribution in [0.1, 0.15) is 11.3 Å². The number of aromatic nitrogens is 3. The van der Waals surface area contributed by atoms with Crippen molar-refractivity contribution in [1.82, 2.24) is 14.8 Å². The van der Waals surface area contributed by atoms with Gasteiger partial charge in [-0.15, -0.1) is 0 Å². The van der Waals surface area contributed by atoms with E-state index in [-0.39, 0.29) is 0 Å². The fourth-order valence-electron chi connectivity index (χ4n) is 2.09. The Labute approximate surface area is 112 Å². The summed E-state index contributed by atoms with van der Waals surface area (Å²) < 4.78 is 1.94. The Kier molecular flexibility index (Phi) is 2.88. The van der Waals surface area contributed by atoms with Crippen molar-refractivity contribution in [3.8, 4) is 16.9 Å². The topological polar surface area (TPSA) is 30.7 Å². The van der Waals surface area contributed by atoms with E-state index >= 15 is 0 Å². The van der Waals surface area contributed by atoms with Gasteiger partial charge >= 0.3 is 0 Å². The zero-order valence-corrected chi connectivity index (χ0v) is 11.0. The fraction of sp³-hybridized carbons (Fsp3) is 0.125. The summed E-state index contributed by atoms with van der Waals surface area (Å²) in [5.41, 5.74) is 5.54. The van der Waals surface area contributed by atoms with Gasteiger partial charge in [0.2, 0.25) is 0 Å². The van der Waals surface area contributed by atoms with Crippen molar-refractivity contribution in [2.24, 2.45) is 0 Å². The van der Waals surface area contributed by atoms with E-state index in [0.717, 1.165) is 22.6 Å². The normalized spacial score (nSPS) is 10.6. The number of hydrogen-bond acceptors (Lipinski definition) is 2. The Morgan fingerprint density at radius 3 is 2.26 bits per heavy atom. The molecule has 2 aromatic heterocycles. The summed E-state index contributed by atoms with van der Waals surface area (Å²) in [4.78, 5) is 4.03. The lowest BCUT2D eigenvalue weighted by atomic mass is 10.1. The van der Waals surface area contributed by atoms with Gasteiger partial charge in [-0.1, -0.05) is 29.8 Å². The van der Waals surface area contributed by atoms with E-state index in [9.17, 15) is 0 Å². The highest BCUT2D eigenvalue weighted by Gasteiger charge is 2.07. The van der Waals surface area contributed by atoms with E-state index < -0.39 is 0 Å². The third kappa shape index (κ3) is 2.27. The van der Waals surface area contributed by atoms with Crippen LogP contribution in [0, 0.1) is 13.8 Å². The first-order valence-corrected chi connectivity index (χ1v) is 6.28. The molecule has 0 saturated carbocycles. The molecule has 0 radical (unpaired) electrons. The Morgan fingerprint density at radius 2 is 1.58 bits per heavy atom. The Hall–Kier alpha value is -2.42. The van der Waals surface area contributed by atoms with Crippen LogP contribution in [0.4, 0.5) is 0 Å². The van der Waals surface area contributed by atoms with Crippen molar-refractivity contribution in [1.29, 1.82) is 0 Å². The van der Waals surface area contributed by atoms with Gasteiger partial charge in [-0.2, -0.15) is 5.10 Å². The van der Waals surface area contributed by atoms with E-state index in [2.05, 4.69) is 54.3 Å². The van der Waals surface area contributed by atoms with Crippen LogP contribution in [0.5, 0.6) is 0 Å². The van der Waals surface area contributed by atoms with Crippen LogP contribution in [-0.2, 0) is 0 Å². The molecule has 3 nitrogen and oxygen atoms in total. The van der Waals surface area contributed by atoms with Gasteiger partial charge in [0.15, 0.2) is 0 Å². The number of hydrogen-bond donors (Lipinski definition) is 0. The molecule has 19 heavy (non-hydrogen) atoms. The van der Waals surface area contributed by atoms with Crippen molar-refractivity contribution in [3.63, 3.8) is 0 Å². The van der Waals surface area contributed by atoms with Crippen LogP contribution in [0.15, 0.2) is 54.9 Å². The lowest BCUT2D eigenvalue weighted by molar-refractivity contribution is 0.848. The maximum atomic E-state index is 4.67. The Balaban J connectivity index is 2.04. The highest BCUT2D eigenvalue weighted by atomic mass is 15.3. The molecule has 3 heteroatoms. The largest absolute Gasteiger partial charge is 0.265 e. The van der Waals surface area contributed by atoms with E-state index in [1.165, 1.54) is 5.56 Å². The molecule has 0 spiro atoms. The summed E-state index contributed by atoms with van der Waals surface area (Å²) in [6.45, 7) is 4.15. The van der Waals surface area contributed by atoms with Crippen LogP contribution < -0.4 is 0 Å². The summed E-state index contributed by atoms with van der Waals surface area (Å²) >= 11 is 0. The number of nitrogens with zero attached hydrogens (tertiary/aromatic N) is 3. The van der Waals surface area contributed by atoms with Gasteiger partial charge in [0.25, 0.3) is 0 Å². The Morgan fingerprint density at radius 1 is 0.895 bits per heavy atom. The standard InChI is InChI=1S/C16H15N3/c1-12-3-5-14(6-4-12)16-11-13(2)19(18-16)15-7-9-17-10-8-15/h3-11H,1-2H3. The molecule has 0 N–H and O–H groups in total. The highest BCUT2D eigenvalue weighted by molar-refractivity contribution is 5.60. The number of aryl methyl sites for hydroxylation is 2. The molecule has 0 saturated heterocycles. The first-order valence-electron chi connectivity index (χ1n) is 6.28. The molecule has 0 aliphatic rings. The second kappa shape index (κ2) is 4.69. The molecule has 0 aliphatic heterocycles. The molecule has 0 atom stereocenters. The average Bonchev–Trinajstić information content (AvgIpc) is 2.83. The van der Waals surface area contributed by atoms with Gasteiger partial charge in [-0.3, -0.25) is 4.98 Å². The molecular formula is C16H15N3. The van der Waals surface area contributed by atoms with E-state index in [0.29, 0.717) is 0 Å². The van der Waals surface area contributed by atoms with Gasteiger partial charge in [0.1, 0.15) is 0 Å². The van der Waals surface area contributed by atoms with Crippen molar-refractivity contribution in [2.45, 2.75) is 13.8 Å². The summed E-state index contributed by atoms with van der Waals surface area (Å²) in [6.07, 6.45) is 3.56. The first kappa shape index (κ1) is 11.7. The molecule has 1 aromatic carbocycles. The molecule has 0 aliphatic carbocycles. The molecule has 3 rings (SSSR count). The van der Waals surface area contributed by atoms with Gasteiger partial charge < -0.3 is 0 Å². The second-order valence-electron chi connectivity index (χ2n) is 4.65. The molecule has 3 aromatic rings.